The number of imide groups is 1. The molecule has 3 aromatic rings. The molecule has 3 heterocycles. The molecule has 1 saturated carbocycles. The van der Waals surface area contributed by atoms with E-state index in [1.54, 1.807) is 24.6 Å². The summed E-state index contributed by atoms with van der Waals surface area (Å²) in [5, 5.41) is 8.99. The van der Waals surface area contributed by atoms with Gasteiger partial charge in [0.15, 0.2) is 0 Å². The Morgan fingerprint density at radius 2 is 1.94 bits per heavy atom. The number of carbonyl (C=O) groups is 2. The maximum Gasteiger partial charge on any atom is 0.290 e. The predicted molar refractivity (Wildman–Crippen MR) is 132 cm³/mol. The number of amides is 2. The summed E-state index contributed by atoms with van der Waals surface area (Å²) in [5.41, 5.74) is 2.93. The molecular weight excluding hydrogens is 450 g/mol. The fourth-order valence-corrected chi connectivity index (χ4v) is 4.91. The topological polar surface area (TPSA) is 109 Å². The maximum atomic E-state index is 11.7. The number of nitrogens with one attached hydrogen (secondary N) is 3. The molecule has 34 heavy (non-hydrogen) atoms. The van der Waals surface area contributed by atoms with E-state index < -0.39 is 0 Å². The lowest BCUT2D eigenvalue weighted by atomic mass is 9.91. The van der Waals surface area contributed by atoms with E-state index in [1.807, 2.05) is 12.1 Å². The van der Waals surface area contributed by atoms with Crippen LogP contribution < -0.4 is 16.0 Å². The Morgan fingerprint density at radius 3 is 2.71 bits per heavy atom. The van der Waals surface area contributed by atoms with E-state index in [-0.39, 0.29) is 11.1 Å². The van der Waals surface area contributed by atoms with Crippen LogP contribution in [0.25, 0.3) is 17.4 Å². The van der Waals surface area contributed by atoms with Crippen LogP contribution in [0.3, 0.4) is 0 Å². The van der Waals surface area contributed by atoms with Gasteiger partial charge in [-0.05, 0) is 73.4 Å². The molecule has 2 amide bonds. The number of anilines is 1. The second-order valence-electron chi connectivity index (χ2n) is 8.41. The minimum Gasteiger partial charge on any atom is -0.464 e. The number of rotatable bonds is 7. The van der Waals surface area contributed by atoms with E-state index in [1.165, 1.54) is 5.56 Å². The maximum absolute atomic E-state index is 11.7. The minimum atomic E-state index is -0.387. The van der Waals surface area contributed by atoms with Crippen LogP contribution in [0, 0.1) is 0 Å². The lowest BCUT2D eigenvalue weighted by molar-refractivity contribution is -0.115. The third-order valence-electron chi connectivity index (χ3n) is 5.99. The van der Waals surface area contributed by atoms with E-state index in [9.17, 15) is 9.59 Å². The van der Waals surface area contributed by atoms with E-state index in [0.717, 1.165) is 55.3 Å². The molecule has 0 atom stereocenters. The summed E-state index contributed by atoms with van der Waals surface area (Å²) in [6, 6.07) is 14.8. The predicted octanol–water partition coefficient (Wildman–Crippen LogP) is 4.57. The standard InChI is InChI=1S/C25H25N5O3S/c31-23-22(34-25(32)30-23)14-20-10-11-26-24(29-20)28-19-8-6-18(7-9-19)27-15-16-3-1-4-17(13-16)21-5-2-12-33-21/h1-5,10-14,18-19,27H,6-9,15H2,(H,26,28,29)(H,30,31,32)/t18-,19-. The van der Waals surface area contributed by atoms with Crippen LogP contribution in [-0.4, -0.2) is 33.2 Å². The van der Waals surface area contributed by atoms with Crippen LogP contribution in [0.1, 0.15) is 36.9 Å². The number of hydrogen-bond donors (Lipinski definition) is 3. The SMILES string of the molecule is O=C1NC(=O)C(=Cc2ccnc(N[C@H]3CC[C@H](NCc4cccc(-c5ccco5)c4)CC3)n2)S1. The van der Waals surface area contributed by atoms with E-state index in [0.29, 0.717) is 28.6 Å². The Kier molecular flexibility index (Phi) is 6.73. The fourth-order valence-electron chi connectivity index (χ4n) is 4.24. The van der Waals surface area contributed by atoms with Gasteiger partial charge in [-0.1, -0.05) is 18.2 Å². The number of aromatic nitrogens is 2. The highest BCUT2D eigenvalue weighted by Crippen LogP contribution is 2.26. The molecule has 174 valence electrons. The number of carbonyl (C=O) groups excluding carboxylic acids is 2. The van der Waals surface area contributed by atoms with Gasteiger partial charge in [0.2, 0.25) is 5.95 Å². The van der Waals surface area contributed by atoms with Crippen molar-refractivity contribution >= 4 is 34.9 Å². The molecule has 1 aliphatic heterocycles. The van der Waals surface area contributed by atoms with E-state index in [4.69, 9.17) is 4.42 Å². The van der Waals surface area contributed by atoms with Crippen LogP contribution in [0.5, 0.6) is 0 Å². The van der Waals surface area contributed by atoms with Crippen molar-refractivity contribution in [2.45, 2.75) is 44.3 Å². The molecule has 0 unspecified atom stereocenters. The van der Waals surface area contributed by atoms with E-state index >= 15 is 0 Å². The van der Waals surface area contributed by atoms with Crippen LogP contribution in [0.4, 0.5) is 10.7 Å². The molecule has 9 heteroatoms. The van der Waals surface area contributed by atoms with Gasteiger partial charge in [-0.3, -0.25) is 14.9 Å². The van der Waals surface area contributed by atoms with Crippen molar-refractivity contribution in [1.29, 1.82) is 0 Å². The molecule has 1 aliphatic carbocycles. The van der Waals surface area contributed by atoms with Gasteiger partial charge in [0, 0.05) is 30.4 Å². The van der Waals surface area contributed by atoms with Crippen LogP contribution in [-0.2, 0) is 11.3 Å². The molecule has 2 fully saturated rings. The third-order valence-corrected chi connectivity index (χ3v) is 6.80. The number of benzene rings is 1. The zero-order chi connectivity index (χ0) is 23.3. The highest BCUT2D eigenvalue weighted by molar-refractivity contribution is 8.18. The van der Waals surface area contributed by atoms with Crippen molar-refractivity contribution in [2.24, 2.45) is 0 Å². The normalized spacial score (nSPS) is 21.6. The molecule has 1 saturated heterocycles. The molecule has 0 radical (unpaired) electrons. The minimum absolute atomic E-state index is 0.300. The zero-order valence-corrected chi connectivity index (χ0v) is 19.3. The second-order valence-corrected chi connectivity index (χ2v) is 9.42. The first-order valence-corrected chi connectivity index (χ1v) is 12.1. The second kappa shape index (κ2) is 10.2. The first kappa shape index (κ1) is 22.4. The average Bonchev–Trinajstić information content (AvgIpc) is 3.49. The van der Waals surface area contributed by atoms with Gasteiger partial charge in [-0.15, -0.1) is 0 Å². The van der Waals surface area contributed by atoms with Crippen LogP contribution >= 0.6 is 11.8 Å². The monoisotopic (exact) mass is 475 g/mol. The highest BCUT2D eigenvalue weighted by atomic mass is 32.2. The van der Waals surface area contributed by atoms with Crippen molar-refractivity contribution in [3.63, 3.8) is 0 Å². The lowest BCUT2D eigenvalue weighted by Crippen LogP contribution is -2.36. The molecule has 0 bridgehead atoms. The summed E-state index contributed by atoms with van der Waals surface area (Å²) >= 11 is 0.882. The van der Waals surface area contributed by atoms with Gasteiger partial charge < -0.3 is 15.1 Å². The van der Waals surface area contributed by atoms with Gasteiger partial charge in [0.25, 0.3) is 11.1 Å². The summed E-state index contributed by atoms with van der Waals surface area (Å²) in [6.45, 7) is 0.825. The Hall–Kier alpha value is -3.43. The van der Waals surface area contributed by atoms with Gasteiger partial charge >= 0.3 is 0 Å². The van der Waals surface area contributed by atoms with Gasteiger partial charge in [-0.25, -0.2) is 9.97 Å². The van der Waals surface area contributed by atoms with Crippen molar-refractivity contribution in [2.75, 3.05) is 5.32 Å². The molecule has 3 N–H and O–H groups in total. The number of furan rings is 1. The van der Waals surface area contributed by atoms with Crippen molar-refractivity contribution in [3.05, 3.63) is 71.1 Å². The summed E-state index contributed by atoms with van der Waals surface area (Å²) < 4.78 is 5.51. The van der Waals surface area contributed by atoms with Gasteiger partial charge in [-0.2, -0.15) is 0 Å². The summed E-state index contributed by atoms with van der Waals surface area (Å²) in [7, 11) is 0. The largest absolute Gasteiger partial charge is 0.464 e. The fraction of sp³-hybridized carbons (Fsp3) is 0.280. The van der Waals surface area contributed by atoms with Crippen molar-refractivity contribution < 1.29 is 14.0 Å². The van der Waals surface area contributed by atoms with E-state index in [2.05, 4.69) is 50.2 Å². The van der Waals surface area contributed by atoms with Crippen LogP contribution in [0.15, 0.2) is 64.2 Å². The van der Waals surface area contributed by atoms with Crippen LogP contribution in [0.2, 0.25) is 0 Å². The average molecular weight is 476 g/mol. The Bertz CT molecular complexity index is 1200. The number of hydrogen-bond acceptors (Lipinski definition) is 8. The quantitative estimate of drug-likeness (QED) is 0.426. The molecule has 1 aromatic carbocycles. The molecule has 2 aromatic heterocycles. The zero-order valence-electron chi connectivity index (χ0n) is 18.5. The van der Waals surface area contributed by atoms with Gasteiger partial charge in [0.1, 0.15) is 5.76 Å². The number of thioether (sulfide) groups is 1. The summed E-state index contributed by atoms with van der Waals surface area (Å²) in [4.78, 5) is 32.2. The Balaban J connectivity index is 1.11. The molecule has 5 rings (SSSR count). The van der Waals surface area contributed by atoms with Gasteiger partial charge in [0.05, 0.1) is 16.9 Å². The molecule has 0 spiro atoms. The highest BCUT2D eigenvalue weighted by Gasteiger charge is 2.25. The lowest BCUT2D eigenvalue weighted by Gasteiger charge is -2.30. The Labute approximate surface area is 201 Å². The Morgan fingerprint density at radius 1 is 1.09 bits per heavy atom. The molecule has 2 aliphatic rings. The smallest absolute Gasteiger partial charge is 0.290 e. The summed E-state index contributed by atoms with van der Waals surface area (Å²) in [5.74, 6) is 1.03. The molecule has 8 nitrogen and oxygen atoms in total. The van der Waals surface area contributed by atoms with Crippen molar-refractivity contribution in [1.82, 2.24) is 20.6 Å². The first-order chi connectivity index (χ1) is 16.6. The first-order valence-electron chi connectivity index (χ1n) is 11.3. The molecular formula is C25H25N5O3S. The van der Waals surface area contributed by atoms with Crippen molar-refractivity contribution in [3.8, 4) is 11.3 Å². The summed E-state index contributed by atoms with van der Waals surface area (Å²) in [6.07, 6.45) is 9.14. The third kappa shape index (κ3) is 5.55. The number of nitrogens with zero attached hydrogens (tertiary/aromatic N) is 2.